The van der Waals surface area contributed by atoms with Crippen LogP contribution in [0.25, 0.3) is 0 Å². The number of carbonyl (C=O) groups is 1. The fraction of sp³-hybridized carbons (Fsp3) is 0.533. The van der Waals surface area contributed by atoms with Gasteiger partial charge in [-0.1, -0.05) is 15.9 Å². The number of halogens is 1. The van der Waals surface area contributed by atoms with E-state index in [0.29, 0.717) is 39.3 Å². The van der Waals surface area contributed by atoms with Crippen LogP contribution in [0.4, 0.5) is 0 Å². The minimum atomic E-state index is 0.0147. The molecule has 0 saturated heterocycles. The number of carbonyl (C=O) groups excluding carboxylic acids is 1. The highest BCUT2D eigenvalue weighted by Gasteiger charge is 2.00. The van der Waals surface area contributed by atoms with E-state index in [2.05, 4.69) is 21.2 Å². The summed E-state index contributed by atoms with van der Waals surface area (Å²) < 4.78 is 11.8. The number of benzene rings is 1. The van der Waals surface area contributed by atoms with E-state index in [0.717, 1.165) is 23.1 Å². The first-order valence-corrected chi connectivity index (χ1v) is 7.94. The lowest BCUT2D eigenvalue weighted by atomic mass is 10.3. The second kappa shape index (κ2) is 11.5. The second-order valence-corrected chi connectivity index (χ2v) is 5.43. The third kappa shape index (κ3) is 9.44. The molecule has 0 bridgehead atoms. The van der Waals surface area contributed by atoms with Crippen LogP contribution in [0, 0.1) is 0 Å². The van der Waals surface area contributed by atoms with E-state index in [-0.39, 0.29) is 5.91 Å². The number of ether oxygens (including phenoxy) is 2. The van der Waals surface area contributed by atoms with E-state index in [1.165, 1.54) is 0 Å². The zero-order valence-electron chi connectivity index (χ0n) is 12.1. The molecule has 0 aliphatic rings. The molecule has 0 atom stereocenters. The van der Waals surface area contributed by atoms with Crippen molar-refractivity contribution in [2.75, 3.05) is 32.9 Å². The predicted molar refractivity (Wildman–Crippen MR) is 86.4 cm³/mol. The molecule has 0 aliphatic heterocycles. The van der Waals surface area contributed by atoms with Crippen molar-refractivity contribution in [1.29, 1.82) is 0 Å². The third-order valence-electron chi connectivity index (χ3n) is 2.71. The molecule has 0 aliphatic carbocycles. The molecule has 0 fully saturated rings. The first-order chi connectivity index (χ1) is 10.2. The van der Waals surface area contributed by atoms with Crippen molar-refractivity contribution >= 4 is 21.8 Å². The van der Waals surface area contributed by atoms with Gasteiger partial charge < -0.3 is 20.5 Å². The number of nitrogens with one attached hydrogen (secondary N) is 1. The number of hydrogen-bond donors (Lipinski definition) is 2. The van der Waals surface area contributed by atoms with Gasteiger partial charge in [0.15, 0.2) is 0 Å². The summed E-state index contributed by atoms with van der Waals surface area (Å²) in [4.78, 5) is 11.4. The first kappa shape index (κ1) is 17.9. The van der Waals surface area contributed by atoms with E-state index >= 15 is 0 Å². The normalized spacial score (nSPS) is 10.4. The number of rotatable bonds is 11. The lowest BCUT2D eigenvalue weighted by Gasteiger charge is -2.07. The minimum Gasteiger partial charge on any atom is -0.494 e. The molecule has 3 N–H and O–H groups in total. The van der Waals surface area contributed by atoms with Gasteiger partial charge in [-0.3, -0.25) is 4.79 Å². The van der Waals surface area contributed by atoms with Crippen LogP contribution in [-0.4, -0.2) is 38.8 Å². The number of amides is 1. The van der Waals surface area contributed by atoms with Gasteiger partial charge in [0.05, 0.1) is 19.8 Å². The molecule has 0 aromatic heterocycles. The summed E-state index contributed by atoms with van der Waals surface area (Å²) in [6.45, 7) is 2.73. The molecular formula is C15H23BrN2O3. The fourth-order valence-corrected chi connectivity index (χ4v) is 1.88. The molecule has 0 saturated carbocycles. The van der Waals surface area contributed by atoms with Crippen molar-refractivity contribution in [2.24, 2.45) is 5.73 Å². The van der Waals surface area contributed by atoms with Gasteiger partial charge in [0.1, 0.15) is 5.75 Å². The lowest BCUT2D eigenvalue weighted by molar-refractivity contribution is -0.122. The van der Waals surface area contributed by atoms with Crippen molar-refractivity contribution in [2.45, 2.75) is 19.3 Å². The highest BCUT2D eigenvalue weighted by molar-refractivity contribution is 9.10. The van der Waals surface area contributed by atoms with Crippen molar-refractivity contribution in [3.8, 4) is 5.75 Å². The summed E-state index contributed by atoms with van der Waals surface area (Å²) in [7, 11) is 0. The average molecular weight is 359 g/mol. The Labute approximate surface area is 134 Å². The van der Waals surface area contributed by atoms with E-state index in [9.17, 15) is 4.79 Å². The van der Waals surface area contributed by atoms with Crippen molar-refractivity contribution in [3.05, 3.63) is 28.7 Å². The molecule has 1 aromatic carbocycles. The molecule has 0 radical (unpaired) electrons. The van der Waals surface area contributed by atoms with Crippen molar-refractivity contribution in [3.63, 3.8) is 0 Å². The van der Waals surface area contributed by atoms with Gasteiger partial charge in [0.25, 0.3) is 0 Å². The highest BCUT2D eigenvalue weighted by atomic mass is 79.9. The Hall–Kier alpha value is -1.11. The molecule has 0 unspecified atom stereocenters. The summed E-state index contributed by atoms with van der Waals surface area (Å²) in [5.41, 5.74) is 5.28. The van der Waals surface area contributed by atoms with Gasteiger partial charge in [-0.15, -0.1) is 0 Å². The quantitative estimate of drug-likeness (QED) is 0.594. The molecule has 118 valence electrons. The van der Waals surface area contributed by atoms with Gasteiger partial charge >= 0.3 is 0 Å². The molecule has 1 rings (SSSR count). The van der Waals surface area contributed by atoms with Crippen LogP contribution in [0.15, 0.2) is 28.7 Å². The maximum Gasteiger partial charge on any atom is 0.222 e. The zero-order valence-corrected chi connectivity index (χ0v) is 13.7. The highest BCUT2D eigenvalue weighted by Crippen LogP contribution is 2.16. The topological polar surface area (TPSA) is 73.6 Å². The molecule has 0 heterocycles. The summed E-state index contributed by atoms with van der Waals surface area (Å²) in [6, 6.07) is 7.74. The monoisotopic (exact) mass is 358 g/mol. The maximum absolute atomic E-state index is 11.4. The third-order valence-corrected chi connectivity index (χ3v) is 3.24. The minimum absolute atomic E-state index is 0.0147. The molecule has 0 spiro atoms. The second-order valence-electron chi connectivity index (χ2n) is 4.51. The largest absolute Gasteiger partial charge is 0.494 e. The van der Waals surface area contributed by atoms with Gasteiger partial charge in [-0.2, -0.15) is 0 Å². The molecule has 1 aromatic rings. The molecule has 6 heteroatoms. The van der Waals surface area contributed by atoms with Crippen molar-refractivity contribution in [1.82, 2.24) is 5.32 Å². The Balaban J connectivity index is 1.94. The Kier molecular flexibility index (Phi) is 9.86. The van der Waals surface area contributed by atoms with E-state index < -0.39 is 0 Å². The van der Waals surface area contributed by atoms with Gasteiger partial charge in [-0.05, 0) is 37.1 Å². The SMILES string of the molecule is NCCOCCC(=O)NCCCCOc1ccc(Br)cc1. The molecule has 1 amide bonds. The summed E-state index contributed by atoms with van der Waals surface area (Å²) >= 11 is 3.38. The fourth-order valence-electron chi connectivity index (χ4n) is 1.61. The lowest BCUT2D eigenvalue weighted by Crippen LogP contribution is -2.26. The summed E-state index contributed by atoms with van der Waals surface area (Å²) in [5, 5.41) is 2.85. The van der Waals surface area contributed by atoms with E-state index in [4.69, 9.17) is 15.2 Å². The van der Waals surface area contributed by atoms with Crippen LogP contribution in [0.3, 0.4) is 0 Å². The van der Waals surface area contributed by atoms with Gasteiger partial charge in [0.2, 0.25) is 5.91 Å². The standard InChI is InChI=1S/C15H23BrN2O3/c16-13-3-5-14(6-4-13)21-10-2-1-9-18-15(19)7-11-20-12-8-17/h3-6H,1-2,7-12,17H2,(H,18,19). The van der Waals surface area contributed by atoms with Crippen LogP contribution >= 0.6 is 15.9 Å². The van der Waals surface area contributed by atoms with Crippen LogP contribution in [0.2, 0.25) is 0 Å². The van der Waals surface area contributed by atoms with Crippen LogP contribution in [0.5, 0.6) is 5.75 Å². The van der Waals surface area contributed by atoms with Gasteiger partial charge in [0, 0.05) is 24.0 Å². The predicted octanol–water partition coefficient (Wildman–Crippen LogP) is 2.09. The van der Waals surface area contributed by atoms with Crippen LogP contribution in [0.1, 0.15) is 19.3 Å². The Morgan fingerprint density at radius 3 is 2.62 bits per heavy atom. The average Bonchev–Trinajstić information content (AvgIpc) is 2.49. The first-order valence-electron chi connectivity index (χ1n) is 7.15. The Morgan fingerprint density at radius 1 is 1.14 bits per heavy atom. The smallest absolute Gasteiger partial charge is 0.222 e. The molecule has 5 nitrogen and oxygen atoms in total. The Morgan fingerprint density at radius 2 is 1.90 bits per heavy atom. The Bertz CT molecular complexity index is 398. The number of hydrogen-bond acceptors (Lipinski definition) is 4. The van der Waals surface area contributed by atoms with Crippen LogP contribution in [-0.2, 0) is 9.53 Å². The number of nitrogens with two attached hydrogens (primary N) is 1. The summed E-state index contributed by atoms with van der Waals surface area (Å²) in [5.74, 6) is 0.875. The summed E-state index contributed by atoms with van der Waals surface area (Å²) in [6.07, 6.45) is 2.18. The molecular weight excluding hydrogens is 336 g/mol. The van der Waals surface area contributed by atoms with Crippen molar-refractivity contribution < 1.29 is 14.3 Å². The van der Waals surface area contributed by atoms with E-state index in [1.807, 2.05) is 24.3 Å². The van der Waals surface area contributed by atoms with E-state index in [1.54, 1.807) is 0 Å². The molecule has 21 heavy (non-hydrogen) atoms. The number of unbranched alkanes of at least 4 members (excludes halogenated alkanes) is 1. The zero-order chi connectivity index (χ0) is 15.3. The van der Waals surface area contributed by atoms with Crippen LogP contribution < -0.4 is 15.8 Å². The maximum atomic E-state index is 11.4. The van der Waals surface area contributed by atoms with Gasteiger partial charge in [-0.25, -0.2) is 0 Å².